The molecule has 0 bridgehead atoms. The lowest BCUT2D eigenvalue weighted by molar-refractivity contribution is 0.101. The van der Waals surface area contributed by atoms with Crippen molar-refractivity contribution < 1.29 is 14.6 Å². The number of hydrogen-bond acceptors (Lipinski definition) is 5. The van der Waals surface area contributed by atoms with E-state index in [1.807, 2.05) is 55.4 Å². The lowest BCUT2D eigenvalue weighted by atomic mass is 9.79. The predicted molar refractivity (Wildman–Crippen MR) is 123 cm³/mol. The van der Waals surface area contributed by atoms with Crippen LogP contribution in [-0.4, -0.2) is 28.1 Å². The van der Waals surface area contributed by atoms with Gasteiger partial charge in [-0.1, -0.05) is 55.4 Å². The highest BCUT2D eigenvalue weighted by Gasteiger charge is 2.27. The minimum Gasteiger partial charge on any atom is -0.507 e. The molecule has 0 atom stereocenters. The molecular formula is C24H35N3O4. The van der Waals surface area contributed by atoms with Gasteiger partial charge in [0.15, 0.2) is 5.69 Å². The Balaban J connectivity index is 2.53. The molecule has 7 nitrogen and oxygen atoms in total. The van der Waals surface area contributed by atoms with Gasteiger partial charge in [-0.3, -0.25) is 9.59 Å². The van der Waals surface area contributed by atoms with Crippen molar-refractivity contribution >= 4 is 11.6 Å². The molecule has 0 aliphatic carbocycles. The number of carbonyl (C=O) groups excluding carboxylic acids is 1. The maximum Gasteiger partial charge on any atom is 0.277 e. The number of aromatic hydroxyl groups is 1. The van der Waals surface area contributed by atoms with Gasteiger partial charge in [-0.25, -0.2) is 4.98 Å². The van der Waals surface area contributed by atoms with Crippen molar-refractivity contribution in [1.29, 1.82) is 0 Å². The van der Waals surface area contributed by atoms with Crippen molar-refractivity contribution in [3.8, 4) is 11.6 Å². The van der Waals surface area contributed by atoms with Gasteiger partial charge in [0.1, 0.15) is 11.4 Å². The summed E-state index contributed by atoms with van der Waals surface area (Å²) in [7, 11) is 1.41. The van der Waals surface area contributed by atoms with Crippen molar-refractivity contribution in [3.63, 3.8) is 0 Å². The van der Waals surface area contributed by atoms with Crippen molar-refractivity contribution in [2.24, 2.45) is 5.92 Å². The summed E-state index contributed by atoms with van der Waals surface area (Å²) < 4.78 is 5.27. The van der Waals surface area contributed by atoms with E-state index in [4.69, 9.17) is 4.74 Å². The molecule has 1 aromatic carbocycles. The van der Waals surface area contributed by atoms with Gasteiger partial charge in [0, 0.05) is 16.8 Å². The Morgan fingerprint density at radius 1 is 1.13 bits per heavy atom. The third-order valence-electron chi connectivity index (χ3n) is 4.96. The molecule has 0 saturated carbocycles. The van der Waals surface area contributed by atoms with Gasteiger partial charge < -0.3 is 20.1 Å². The Kier molecular flexibility index (Phi) is 6.88. The number of H-pyrrole nitrogens is 1. The standard InChI is InChI=1S/C24H35N3O4/c1-13(2)10-17-20(29)27-18(22(26-17)31-9)21(30)25-14-11-15(23(3,4)5)19(28)16(12-14)24(6,7)8/h11-13,28H,10H2,1-9H3,(H,25,30)(H,27,29). The summed E-state index contributed by atoms with van der Waals surface area (Å²) in [6.07, 6.45) is 0.482. The molecule has 0 aliphatic heterocycles. The van der Waals surface area contributed by atoms with E-state index in [0.717, 1.165) is 11.1 Å². The summed E-state index contributed by atoms with van der Waals surface area (Å²) in [5.41, 5.74) is 1.18. The summed E-state index contributed by atoms with van der Waals surface area (Å²) >= 11 is 0. The van der Waals surface area contributed by atoms with Gasteiger partial charge in [0.05, 0.1) is 7.11 Å². The van der Waals surface area contributed by atoms with Crippen molar-refractivity contribution in [1.82, 2.24) is 9.97 Å². The maximum atomic E-state index is 13.0. The lowest BCUT2D eigenvalue weighted by Gasteiger charge is -2.28. The number of nitrogens with zero attached hydrogens (tertiary/aromatic N) is 1. The Morgan fingerprint density at radius 2 is 1.65 bits per heavy atom. The SMILES string of the molecule is COc1nc(CC(C)C)c(=O)[nH]c1C(=O)Nc1cc(C(C)(C)C)c(O)c(C(C)(C)C)c1. The number of methoxy groups -OCH3 is 1. The van der Waals surface area contributed by atoms with Crippen LogP contribution in [0.25, 0.3) is 0 Å². The Hall–Kier alpha value is -2.83. The predicted octanol–water partition coefficient (Wildman–Crippen LogP) is 4.53. The summed E-state index contributed by atoms with van der Waals surface area (Å²) in [5.74, 6) is -0.00752. The molecule has 1 aromatic heterocycles. The fourth-order valence-electron chi connectivity index (χ4n) is 3.34. The van der Waals surface area contributed by atoms with E-state index in [9.17, 15) is 14.7 Å². The monoisotopic (exact) mass is 429 g/mol. The number of nitrogens with one attached hydrogen (secondary N) is 2. The fraction of sp³-hybridized carbons (Fsp3) is 0.542. The molecule has 1 amide bonds. The quantitative estimate of drug-likeness (QED) is 0.606. The molecule has 1 heterocycles. The van der Waals surface area contributed by atoms with Gasteiger partial charge in [-0.2, -0.15) is 0 Å². The first-order valence-corrected chi connectivity index (χ1v) is 10.5. The molecule has 0 saturated heterocycles. The normalized spacial score (nSPS) is 12.2. The highest BCUT2D eigenvalue weighted by atomic mass is 16.5. The number of phenols is 1. The van der Waals surface area contributed by atoms with Crippen molar-refractivity contribution in [2.75, 3.05) is 12.4 Å². The van der Waals surface area contributed by atoms with Gasteiger partial charge in [-0.15, -0.1) is 0 Å². The Morgan fingerprint density at radius 3 is 2.06 bits per heavy atom. The number of anilines is 1. The van der Waals surface area contributed by atoms with Crippen LogP contribution in [-0.2, 0) is 17.3 Å². The number of hydrogen-bond donors (Lipinski definition) is 3. The number of carbonyl (C=O) groups is 1. The number of phenolic OH excluding ortho intramolecular Hbond substituents is 1. The molecule has 7 heteroatoms. The second-order valence-corrected chi connectivity index (χ2v) is 10.4. The minimum atomic E-state index is -0.539. The summed E-state index contributed by atoms with van der Waals surface area (Å²) in [6, 6.07) is 3.52. The van der Waals surface area contributed by atoms with E-state index >= 15 is 0 Å². The minimum absolute atomic E-state index is 0.0392. The van der Waals surface area contributed by atoms with Crippen LogP contribution in [0, 0.1) is 5.92 Å². The van der Waals surface area contributed by atoms with Gasteiger partial charge >= 0.3 is 0 Å². The number of amides is 1. The van der Waals surface area contributed by atoms with Crippen molar-refractivity contribution in [2.45, 2.75) is 72.6 Å². The Labute approximate surface area is 184 Å². The largest absolute Gasteiger partial charge is 0.507 e. The Bertz CT molecular complexity index is 990. The molecule has 3 N–H and O–H groups in total. The number of benzene rings is 1. The van der Waals surface area contributed by atoms with Gasteiger partial charge in [-0.05, 0) is 35.3 Å². The molecule has 0 spiro atoms. The van der Waals surface area contributed by atoms with Crippen LogP contribution in [0.3, 0.4) is 0 Å². The maximum absolute atomic E-state index is 13.0. The van der Waals surface area contributed by atoms with E-state index in [-0.39, 0.29) is 34.1 Å². The summed E-state index contributed by atoms with van der Waals surface area (Å²) in [5, 5.41) is 13.7. The zero-order chi connectivity index (χ0) is 23.7. The highest BCUT2D eigenvalue weighted by Crippen LogP contribution is 2.41. The van der Waals surface area contributed by atoms with Crippen LogP contribution in [0.15, 0.2) is 16.9 Å². The number of aromatic nitrogens is 2. The first-order valence-electron chi connectivity index (χ1n) is 10.5. The molecule has 0 aliphatic rings. The van der Waals surface area contributed by atoms with Crippen LogP contribution in [0.5, 0.6) is 11.6 Å². The van der Waals surface area contributed by atoms with Crippen LogP contribution in [0.2, 0.25) is 0 Å². The molecule has 0 fully saturated rings. The lowest BCUT2D eigenvalue weighted by Crippen LogP contribution is -2.25. The van der Waals surface area contributed by atoms with E-state index in [2.05, 4.69) is 15.3 Å². The van der Waals surface area contributed by atoms with Crippen LogP contribution < -0.4 is 15.6 Å². The molecule has 31 heavy (non-hydrogen) atoms. The first kappa shape index (κ1) is 24.4. The smallest absolute Gasteiger partial charge is 0.277 e. The van der Waals surface area contributed by atoms with Crippen LogP contribution in [0.1, 0.15) is 82.7 Å². The number of aromatic amines is 1. The summed E-state index contributed by atoms with van der Waals surface area (Å²) in [4.78, 5) is 32.3. The average molecular weight is 430 g/mol. The first-order chi connectivity index (χ1) is 14.1. The average Bonchev–Trinajstić information content (AvgIpc) is 2.62. The molecule has 0 unspecified atom stereocenters. The van der Waals surface area contributed by atoms with Crippen LogP contribution in [0.4, 0.5) is 5.69 Å². The molecule has 0 radical (unpaired) electrons. The van der Waals surface area contributed by atoms with Gasteiger partial charge in [0.2, 0.25) is 5.88 Å². The van der Waals surface area contributed by atoms with Crippen LogP contribution >= 0.6 is 0 Å². The fourth-order valence-corrected chi connectivity index (χ4v) is 3.34. The molecular weight excluding hydrogens is 394 g/mol. The number of rotatable bonds is 5. The van der Waals surface area contributed by atoms with E-state index in [1.165, 1.54) is 7.11 Å². The van der Waals surface area contributed by atoms with E-state index in [1.54, 1.807) is 12.1 Å². The third-order valence-corrected chi connectivity index (χ3v) is 4.96. The highest BCUT2D eigenvalue weighted by molar-refractivity contribution is 6.04. The van der Waals surface area contributed by atoms with E-state index in [0.29, 0.717) is 17.8 Å². The third kappa shape index (κ3) is 5.66. The zero-order valence-corrected chi connectivity index (χ0v) is 20.1. The molecule has 2 aromatic rings. The second-order valence-electron chi connectivity index (χ2n) is 10.4. The second kappa shape index (κ2) is 8.73. The molecule has 2 rings (SSSR count). The molecule has 170 valence electrons. The summed E-state index contributed by atoms with van der Waals surface area (Å²) in [6.45, 7) is 16.0. The van der Waals surface area contributed by atoms with E-state index < -0.39 is 11.5 Å². The number of ether oxygens (including phenoxy) is 1. The topological polar surface area (TPSA) is 104 Å². The zero-order valence-electron chi connectivity index (χ0n) is 20.1. The van der Waals surface area contributed by atoms with Crippen molar-refractivity contribution in [3.05, 3.63) is 45.0 Å². The van der Waals surface area contributed by atoms with Gasteiger partial charge in [0.25, 0.3) is 11.5 Å².